The van der Waals surface area contributed by atoms with Gasteiger partial charge in [0.25, 0.3) is 11.7 Å². The van der Waals surface area contributed by atoms with Gasteiger partial charge in [0.1, 0.15) is 11.5 Å². The highest BCUT2D eigenvalue weighted by molar-refractivity contribution is 6.46. The van der Waals surface area contributed by atoms with Crippen molar-refractivity contribution in [3.63, 3.8) is 0 Å². The SMILES string of the molecule is CCCCN1C(=O)C(=O)/C(=C(/O)c2cc(Cl)c(OC)c(Cl)c2)C1c1ccc(OCC)cc1. The molecule has 1 saturated heterocycles. The first kappa shape index (κ1) is 24.0. The van der Waals surface area contributed by atoms with Crippen LogP contribution in [0.4, 0.5) is 0 Å². The number of halogens is 2. The molecule has 0 aromatic heterocycles. The quantitative estimate of drug-likeness (QED) is 0.303. The molecule has 3 rings (SSSR count). The maximum absolute atomic E-state index is 13.0. The lowest BCUT2D eigenvalue weighted by Gasteiger charge is -2.25. The van der Waals surface area contributed by atoms with Crippen molar-refractivity contribution in [2.75, 3.05) is 20.3 Å². The number of amides is 1. The summed E-state index contributed by atoms with van der Waals surface area (Å²) >= 11 is 12.5. The Morgan fingerprint density at radius 2 is 1.72 bits per heavy atom. The van der Waals surface area contributed by atoms with Crippen LogP contribution in [0.3, 0.4) is 0 Å². The van der Waals surface area contributed by atoms with Crippen LogP contribution < -0.4 is 9.47 Å². The van der Waals surface area contributed by atoms with Gasteiger partial charge in [-0.2, -0.15) is 0 Å². The zero-order valence-corrected chi connectivity index (χ0v) is 19.7. The molecule has 8 heteroatoms. The van der Waals surface area contributed by atoms with Gasteiger partial charge in [0.15, 0.2) is 5.75 Å². The topological polar surface area (TPSA) is 76.1 Å². The van der Waals surface area contributed by atoms with Crippen LogP contribution in [0, 0.1) is 0 Å². The minimum atomic E-state index is -0.749. The summed E-state index contributed by atoms with van der Waals surface area (Å²) in [4.78, 5) is 27.4. The smallest absolute Gasteiger partial charge is 0.295 e. The van der Waals surface area contributed by atoms with Gasteiger partial charge in [-0.15, -0.1) is 0 Å². The van der Waals surface area contributed by atoms with Crippen LogP contribution in [0.15, 0.2) is 42.0 Å². The highest BCUT2D eigenvalue weighted by Crippen LogP contribution is 2.42. The maximum atomic E-state index is 13.0. The number of carbonyl (C=O) groups is 2. The summed E-state index contributed by atoms with van der Waals surface area (Å²) in [7, 11) is 1.43. The summed E-state index contributed by atoms with van der Waals surface area (Å²) in [6, 6.07) is 9.31. The van der Waals surface area contributed by atoms with E-state index in [9.17, 15) is 14.7 Å². The summed E-state index contributed by atoms with van der Waals surface area (Å²) in [5, 5.41) is 11.5. The van der Waals surface area contributed by atoms with Gasteiger partial charge in [-0.3, -0.25) is 9.59 Å². The lowest BCUT2D eigenvalue weighted by Crippen LogP contribution is -2.30. The summed E-state index contributed by atoms with van der Waals surface area (Å²) in [6.45, 7) is 4.80. The Bertz CT molecular complexity index is 1030. The Morgan fingerprint density at radius 1 is 1.09 bits per heavy atom. The number of nitrogens with zero attached hydrogens (tertiary/aromatic N) is 1. The van der Waals surface area contributed by atoms with Gasteiger partial charge in [-0.1, -0.05) is 48.7 Å². The summed E-state index contributed by atoms with van der Waals surface area (Å²) in [5.41, 5.74) is 0.911. The van der Waals surface area contributed by atoms with E-state index in [-0.39, 0.29) is 32.7 Å². The molecule has 1 atom stereocenters. The van der Waals surface area contributed by atoms with Crippen molar-refractivity contribution >= 4 is 40.7 Å². The van der Waals surface area contributed by atoms with Crippen molar-refractivity contribution < 1.29 is 24.2 Å². The molecule has 0 bridgehead atoms. The van der Waals surface area contributed by atoms with Crippen molar-refractivity contribution in [2.24, 2.45) is 0 Å². The maximum Gasteiger partial charge on any atom is 0.295 e. The number of ether oxygens (including phenoxy) is 2. The minimum absolute atomic E-state index is 0.00689. The van der Waals surface area contributed by atoms with E-state index in [2.05, 4.69) is 0 Å². The second-order valence-electron chi connectivity index (χ2n) is 7.32. The lowest BCUT2D eigenvalue weighted by atomic mass is 9.95. The number of rotatable bonds is 8. The third-order valence-corrected chi connectivity index (χ3v) is 5.84. The van der Waals surface area contributed by atoms with Gasteiger partial charge in [0.2, 0.25) is 0 Å². The van der Waals surface area contributed by atoms with Crippen molar-refractivity contribution in [3.8, 4) is 11.5 Å². The third kappa shape index (κ3) is 4.57. The van der Waals surface area contributed by atoms with Crippen LogP contribution in [0.1, 0.15) is 43.9 Å². The van der Waals surface area contributed by atoms with E-state index in [0.717, 1.165) is 12.8 Å². The average Bonchev–Trinajstić information content (AvgIpc) is 3.02. The normalized spacial score (nSPS) is 17.7. The first-order valence-electron chi connectivity index (χ1n) is 10.4. The van der Waals surface area contributed by atoms with Crippen LogP contribution >= 0.6 is 23.2 Å². The van der Waals surface area contributed by atoms with E-state index < -0.39 is 17.7 Å². The monoisotopic (exact) mass is 477 g/mol. The van der Waals surface area contributed by atoms with Crippen LogP contribution in [0.2, 0.25) is 10.0 Å². The van der Waals surface area contributed by atoms with Crippen molar-refractivity contribution in [3.05, 3.63) is 63.1 Å². The Hall–Kier alpha value is -2.70. The minimum Gasteiger partial charge on any atom is -0.507 e. The van der Waals surface area contributed by atoms with Crippen LogP contribution in [-0.2, 0) is 9.59 Å². The summed E-state index contributed by atoms with van der Waals surface area (Å²) < 4.78 is 10.7. The second kappa shape index (κ2) is 10.3. The van der Waals surface area contributed by atoms with Gasteiger partial charge in [0.05, 0.1) is 35.4 Å². The first-order valence-corrected chi connectivity index (χ1v) is 11.1. The molecule has 1 N–H and O–H groups in total. The number of ketones is 1. The van der Waals surface area contributed by atoms with E-state index >= 15 is 0 Å². The molecule has 1 heterocycles. The molecule has 1 amide bonds. The number of methoxy groups -OCH3 is 1. The number of aliphatic hydroxyl groups is 1. The Kier molecular flexibility index (Phi) is 7.69. The highest BCUT2D eigenvalue weighted by atomic mass is 35.5. The number of hydrogen-bond donors (Lipinski definition) is 1. The molecule has 0 saturated carbocycles. The first-order chi connectivity index (χ1) is 15.3. The molecule has 1 fully saturated rings. The largest absolute Gasteiger partial charge is 0.507 e. The van der Waals surface area contributed by atoms with E-state index in [1.807, 2.05) is 13.8 Å². The molecule has 6 nitrogen and oxygen atoms in total. The van der Waals surface area contributed by atoms with Crippen LogP contribution in [-0.4, -0.2) is 42.0 Å². The molecule has 1 aliphatic heterocycles. The van der Waals surface area contributed by atoms with Gasteiger partial charge in [-0.05, 0) is 43.2 Å². The Labute approximate surface area is 197 Å². The molecule has 32 heavy (non-hydrogen) atoms. The number of aliphatic hydroxyl groups excluding tert-OH is 1. The van der Waals surface area contributed by atoms with E-state index in [4.69, 9.17) is 32.7 Å². The molecule has 2 aromatic carbocycles. The molecule has 170 valence electrons. The third-order valence-electron chi connectivity index (χ3n) is 5.28. The highest BCUT2D eigenvalue weighted by Gasteiger charge is 2.45. The van der Waals surface area contributed by atoms with Gasteiger partial charge in [0, 0.05) is 12.1 Å². The fraction of sp³-hybridized carbons (Fsp3) is 0.333. The van der Waals surface area contributed by atoms with Crippen molar-refractivity contribution in [2.45, 2.75) is 32.7 Å². The van der Waals surface area contributed by atoms with Crippen LogP contribution in [0.25, 0.3) is 5.76 Å². The predicted molar refractivity (Wildman–Crippen MR) is 125 cm³/mol. The van der Waals surface area contributed by atoms with Crippen molar-refractivity contribution in [1.82, 2.24) is 4.90 Å². The molecule has 0 spiro atoms. The molecule has 0 radical (unpaired) electrons. The predicted octanol–water partition coefficient (Wildman–Crippen LogP) is 5.62. The Balaban J connectivity index is 2.16. The fourth-order valence-corrected chi connectivity index (χ4v) is 4.39. The molecule has 2 aromatic rings. The van der Waals surface area contributed by atoms with Gasteiger partial charge >= 0.3 is 0 Å². The molecule has 1 aliphatic rings. The Morgan fingerprint density at radius 3 is 2.25 bits per heavy atom. The lowest BCUT2D eigenvalue weighted by molar-refractivity contribution is -0.139. The molecular weight excluding hydrogens is 453 g/mol. The number of unbranched alkanes of at least 4 members (excludes halogenated alkanes) is 1. The zero-order valence-electron chi connectivity index (χ0n) is 18.2. The molecule has 0 aliphatic carbocycles. The number of likely N-dealkylation sites (tertiary alicyclic amines) is 1. The van der Waals surface area contributed by atoms with Gasteiger partial charge in [-0.25, -0.2) is 0 Å². The summed E-state index contributed by atoms with van der Waals surface area (Å²) in [6.07, 6.45) is 1.57. The van der Waals surface area contributed by atoms with Gasteiger partial charge < -0.3 is 19.5 Å². The second-order valence-corrected chi connectivity index (χ2v) is 8.14. The number of benzene rings is 2. The summed E-state index contributed by atoms with van der Waals surface area (Å²) in [5.74, 6) is -0.801. The standard InChI is InChI=1S/C24H25Cl2NO5/c1-4-6-11-27-20(14-7-9-16(10-8-14)32-5-2)19(22(29)24(27)30)21(28)15-12-17(25)23(31-3)18(26)13-15/h7-10,12-13,20,28H,4-6,11H2,1-3H3/b21-19+. The molecular formula is C24H25Cl2NO5. The van der Waals surface area contributed by atoms with Crippen LogP contribution in [0.5, 0.6) is 11.5 Å². The average molecular weight is 478 g/mol. The van der Waals surface area contributed by atoms with E-state index in [1.165, 1.54) is 24.1 Å². The number of carbonyl (C=O) groups excluding carboxylic acids is 2. The zero-order chi connectivity index (χ0) is 23.4. The fourth-order valence-electron chi connectivity index (χ4n) is 3.75. The van der Waals surface area contributed by atoms with Crippen molar-refractivity contribution in [1.29, 1.82) is 0 Å². The number of Topliss-reactive ketones (excluding diaryl/α,β-unsaturated/α-hetero) is 1. The molecule has 1 unspecified atom stereocenters. The number of hydrogen-bond acceptors (Lipinski definition) is 5. The van der Waals surface area contributed by atoms with E-state index in [1.54, 1.807) is 24.3 Å². The van der Waals surface area contributed by atoms with E-state index in [0.29, 0.717) is 24.5 Å².